The van der Waals surface area contributed by atoms with Gasteiger partial charge in [-0.1, -0.05) is 41.9 Å². The number of ether oxygens (including phenoxy) is 2. The molecule has 1 amide bonds. The summed E-state index contributed by atoms with van der Waals surface area (Å²) in [6.07, 6.45) is 3.36. The number of halogens is 3. The third-order valence-electron chi connectivity index (χ3n) is 7.88. The van der Waals surface area contributed by atoms with E-state index in [9.17, 15) is 9.90 Å². The molecule has 0 spiro atoms. The van der Waals surface area contributed by atoms with E-state index >= 15 is 8.78 Å². The van der Waals surface area contributed by atoms with Crippen molar-refractivity contribution in [1.29, 1.82) is 0 Å². The van der Waals surface area contributed by atoms with Crippen LogP contribution in [0.3, 0.4) is 0 Å². The van der Waals surface area contributed by atoms with E-state index in [1.165, 1.54) is 30.5 Å². The summed E-state index contributed by atoms with van der Waals surface area (Å²) in [5.74, 6) is -2.31. The average Bonchev–Trinajstić information content (AvgIpc) is 3.69. The van der Waals surface area contributed by atoms with E-state index in [1.54, 1.807) is 6.07 Å². The van der Waals surface area contributed by atoms with Gasteiger partial charge in [0.2, 0.25) is 0 Å². The molecule has 43 heavy (non-hydrogen) atoms. The van der Waals surface area contributed by atoms with Gasteiger partial charge in [-0.2, -0.15) is 0 Å². The highest BCUT2D eigenvalue weighted by Crippen LogP contribution is 2.52. The molecule has 1 fully saturated rings. The number of aliphatic hydroxyl groups excluding tert-OH is 1. The van der Waals surface area contributed by atoms with Gasteiger partial charge in [0, 0.05) is 29.2 Å². The summed E-state index contributed by atoms with van der Waals surface area (Å²) in [5.41, 5.74) is 6.14. The summed E-state index contributed by atoms with van der Waals surface area (Å²) in [6.45, 7) is 0.237. The quantitative estimate of drug-likeness (QED) is 0.210. The summed E-state index contributed by atoms with van der Waals surface area (Å²) in [5, 5.41) is 15.1. The molecule has 0 unspecified atom stereocenters. The number of nitrogens with two attached hydrogens (primary N) is 1. The van der Waals surface area contributed by atoms with Gasteiger partial charge in [0.25, 0.3) is 5.91 Å². The van der Waals surface area contributed by atoms with E-state index < -0.39 is 23.1 Å². The number of carbonyl (C=O) groups is 1. The molecule has 6 rings (SSSR count). The number of aliphatic hydroxyl groups is 1. The molecule has 4 aromatic rings. The summed E-state index contributed by atoms with van der Waals surface area (Å²) in [7, 11) is 0. The number of hydrogen-bond donors (Lipinski definition) is 4. The van der Waals surface area contributed by atoms with Crippen molar-refractivity contribution in [1.82, 2.24) is 10.3 Å². The number of nitrogen functional groups attached to an aromatic ring is 1. The van der Waals surface area contributed by atoms with E-state index in [0.717, 1.165) is 24.9 Å². The molecular formula is C32H29ClF2N4O4. The van der Waals surface area contributed by atoms with Crippen LogP contribution in [0.25, 0.3) is 11.1 Å². The Kier molecular flexibility index (Phi) is 7.91. The molecule has 0 saturated carbocycles. The van der Waals surface area contributed by atoms with Gasteiger partial charge in [-0.15, -0.1) is 0 Å². The first-order valence-electron chi connectivity index (χ1n) is 13.9. The molecule has 11 heteroatoms. The Morgan fingerprint density at radius 2 is 2.00 bits per heavy atom. The number of rotatable bonds is 8. The van der Waals surface area contributed by atoms with Gasteiger partial charge < -0.3 is 30.9 Å². The SMILES string of the molecule is Nc1ccc(NC(=O)c2ccc(OCCO)c(F)c2-c2c(Cl)c(F)cc3c2C[C@](c2ccccc2)([C@@H]2CCCN2)O3)nc1. The highest BCUT2D eigenvalue weighted by atomic mass is 35.5. The fourth-order valence-electron chi connectivity index (χ4n) is 5.94. The molecule has 2 aliphatic rings. The van der Waals surface area contributed by atoms with Crippen LogP contribution in [-0.2, 0) is 12.0 Å². The second-order valence-corrected chi connectivity index (χ2v) is 10.9. The molecule has 3 aromatic carbocycles. The molecule has 0 radical (unpaired) electrons. The van der Waals surface area contributed by atoms with Gasteiger partial charge in [0.15, 0.2) is 17.2 Å². The Balaban J connectivity index is 1.53. The van der Waals surface area contributed by atoms with E-state index in [0.29, 0.717) is 11.3 Å². The largest absolute Gasteiger partial charge is 0.488 e. The third kappa shape index (κ3) is 5.26. The Hall–Kier alpha value is -4.25. The molecular weight excluding hydrogens is 578 g/mol. The lowest BCUT2D eigenvalue weighted by Crippen LogP contribution is -2.48. The fourth-order valence-corrected chi connectivity index (χ4v) is 6.21. The van der Waals surface area contributed by atoms with Crippen molar-refractivity contribution in [3.05, 3.63) is 100 Å². The Bertz CT molecular complexity index is 1670. The molecule has 0 aliphatic carbocycles. The first-order valence-corrected chi connectivity index (χ1v) is 14.3. The normalized spacial score (nSPS) is 19.1. The number of benzene rings is 3. The van der Waals surface area contributed by atoms with Gasteiger partial charge in [-0.3, -0.25) is 4.79 Å². The van der Waals surface area contributed by atoms with Gasteiger partial charge in [0.05, 0.1) is 35.1 Å². The van der Waals surface area contributed by atoms with Gasteiger partial charge in [-0.25, -0.2) is 13.8 Å². The number of aromatic nitrogens is 1. The maximum Gasteiger partial charge on any atom is 0.257 e. The molecule has 1 aromatic heterocycles. The molecule has 3 heterocycles. The van der Waals surface area contributed by atoms with Crippen molar-refractivity contribution in [2.24, 2.45) is 0 Å². The lowest BCUT2D eigenvalue weighted by atomic mass is 9.80. The van der Waals surface area contributed by atoms with Crippen molar-refractivity contribution in [3.8, 4) is 22.6 Å². The number of hydrogen-bond acceptors (Lipinski definition) is 7. The molecule has 222 valence electrons. The lowest BCUT2D eigenvalue weighted by molar-refractivity contribution is 0.0539. The second-order valence-electron chi connectivity index (χ2n) is 10.5. The highest BCUT2D eigenvalue weighted by molar-refractivity contribution is 6.34. The summed E-state index contributed by atoms with van der Waals surface area (Å²) < 4.78 is 44.1. The van der Waals surface area contributed by atoms with Crippen molar-refractivity contribution in [3.63, 3.8) is 0 Å². The Morgan fingerprint density at radius 3 is 2.70 bits per heavy atom. The minimum atomic E-state index is -0.933. The number of fused-ring (bicyclic) bond motifs is 1. The van der Waals surface area contributed by atoms with Crippen LogP contribution >= 0.6 is 11.6 Å². The molecule has 8 nitrogen and oxygen atoms in total. The van der Waals surface area contributed by atoms with Crippen LogP contribution in [0.2, 0.25) is 5.02 Å². The first-order chi connectivity index (χ1) is 20.8. The summed E-state index contributed by atoms with van der Waals surface area (Å²) in [4.78, 5) is 17.7. The van der Waals surface area contributed by atoms with E-state index in [-0.39, 0.29) is 64.7 Å². The number of nitrogens with zero attached hydrogens (tertiary/aromatic N) is 1. The number of nitrogens with one attached hydrogen (secondary N) is 2. The number of carbonyl (C=O) groups excluding carboxylic acids is 1. The monoisotopic (exact) mass is 606 g/mol. The standard InChI is InChI=1S/C32H29ClF2N4O4/c33-29-22(34)15-24-21(16-32(43-24,25-7-4-12-37-25)18-5-2-1-3-6-18)27(29)28-20(9-10-23(30(28)35)42-14-13-40)31(41)39-26-11-8-19(36)17-38-26/h1-3,5-6,8-11,15,17,25,37,40H,4,7,12-14,16,36H2,(H,38,39,41)/t25-,32-/m0/s1. The average molecular weight is 607 g/mol. The molecule has 0 bridgehead atoms. The van der Waals surface area contributed by atoms with Gasteiger partial charge in [-0.05, 0) is 49.2 Å². The third-order valence-corrected chi connectivity index (χ3v) is 8.25. The molecule has 2 atom stereocenters. The zero-order chi connectivity index (χ0) is 30.1. The molecule has 1 saturated heterocycles. The van der Waals surface area contributed by atoms with Crippen molar-refractivity contribution < 1.29 is 28.2 Å². The maximum atomic E-state index is 16.4. The van der Waals surface area contributed by atoms with Crippen LogP contribution < -0.4 is 25.8 Å². The number of anilines is 2. The van der Waals surface area contributed by atoms with Crippen molar-refractivity contribution in [2.45, 2.75) is 30.9 Å². The predicted octanol–water partition coefficient (Wildman–Crippen LogP) is 5.47. The summed E-state index contributed by atoms with van der Waals surface area (Å²) in [6, 6.07) is 16.4. The van der Waals surface area contributed by atoms with E-state index in [2.05, 4.69) is 15.6 Å². The second kappa shape index (κ2) is 11.8. The van der Waals surface area contributed by atoms with Gasteiger partial charge in [0.1, 0.15) is 24.0 Å². The Labute approximate surface area is 251 Å². The number of amides is 1. The summed E-state index contributed by atoms with van der Waals surface area (Å²) >= 11 is 6.64. The van der Waals surface area contributed by atoms with E-state index in [1.807, 2.05) is 30.3 Å². The van der Waals surface area contributed by atoms with Crippen LogP contribution in [0.4, 0.5) is 20.3 Å². The van der Waals surface area contributed by atoms with Crippen LogP contribution in [-0.4, -0.2) is 41.8 Å². The van der Waals surface area contributed by atoms with E-state index in [4.69, 9.17) is 26.8 Å². The Morgan fingerprint density at radius 1 is 1.19 bits per heavy atom. The molecule has 5 N–H and O–H groups in total. The maximum absolute atomic E-state index is 16.4. The minimum Gasteiger partial charge on any atom is -0.488 e. The predicted molar refractivity (Wildman–Crippen MR) is 159 cm³/mol. The highest BCUT2D eigenvalue weighted by Gasteiger charge is 2.50. The van der Waals surface area contributed by atoms with Crippen LogP contribution in [0.1, 0.15) is 34.3 Å². The molecule has 2 aliphatic heterocycles. The zero-order valence-electron chi connectivity index (χ0n) is 23.0. The number of pyridine rings is 1. The van der Waals surface area contributed by atoms with Crippen molar-refractivity contribution in [2.75, 3.05) is 30.8 Å². The fraction of sp³-hybridized carbons (Fsp3) is 0.250. The van der Waals surface area contributed by atoms with Crippen molar-refractivity contribution >= 4 is 29.0 Å². The van der Waals surface area contributed by atoms with Crippen LogP contribution in [0, 0.1) is 11.6 Å². The topological polar surface area (TPSA) is 119 Å². The lowest BCUT2D eigenvalue weighted by Gasteiger charge is -2.35. The van der Waals surface area contributed by atoms with Crippen LogP contribution in [0.15, 0.2) is 66.9 Å². The first kappa shape index (κ1) is 28.9. The van der Waals surface area contributed by atoms with Gasteiger partial charge >= 0.3 is 0 Å². The minimum absolute atomic E-state index is 0.00478. The smallest absolute Gasteiger partial charge is 0.257 e. The van der Waals surface area contributed by atoms with Crippen LogP contribution in [0.5, 0.6) is 11.5 Å². The zero-order valence-corrected chi connectivity index (χ0v) is 23.8.